The molecule has 1 aromatic carbocycles. The molecule has 0 unspecified atom stereocenters. The Bertz CT molecular complexity index is 550. The second-order valence-corrected chi connectivity index (χ2v) is 5.06. The predicted octanol–water partition coefficient (Wildman–Crippen LogP) is 1.36. The number of nitrogens with two attached hydrogens (primary N) is 1. The van der Waals surface area contributed by atoms with Crippen LogP contribution >= 0.6 is 0 Å². The summed E-state index contributed by atoms with van der Waals surface area (Å²) in [5.41, 5.74) is 7.71. The summed E-state index contributed by atoms with van der Waals surface area (Å²) in [4.78, 5) is 2.23. The number of nitrogens with zero attached hydrogens (tertiary/aromatic N) is 3. The number of benzene rings is 1. The van der Waals surface area contributed by atoms with Crippen LogP contribution in [-0.2, 0) is 7.05 Å². The highest BCUT2D eigenvalue weighted by Crippen LogP contribution is 2.24. The van der Waals surface area contributed by atoms with Crippen molar-refractivity contribution in [1.82, 2.24) is 14.7 Å². The highest BCUT2D eigenvalue weighted by molar-refractivity contribution is 5.63. The second-order valence-electron chi connectivity index (χ2n) is 5.06. The highest BCUT2D eigenvalue weighted by Gasteiger charge is 2.24. The van der Waals surface area contributed by atoms with Crippen LogP contribution in [0, 0.1) is 0 Å². The molecule has 5 nitrogen and oxygen atoms in total. The average Bonchev–Trinajstić information content (AvgIpc) is 2.69. The molecule has 2 aromatic rings. The lowest BCUT2D eigenvalue weighted by molar-refractivity contribution is 0.0388. The quantitative estimate of drug-likeness (QED) is 0.903. The zero-order valence-corrected chi connectivity index (χ0v) is 11.2. The van der Waals surface area contributed by atoms with Crippen LogP contribution in [-0.4, -0.2) is 40.9 Å². The maximum absolute atomic E-state index is 5.85. The third kappa shape index (κ3) is 2.42. The van der Waals surface area contributed by atoms with Crippen LogP contribution in [0.15, 0.2) is 30.3 Å². The SMILES string of the molecule is CN1CC(Oc2ccc(-c3cc(N)n(C)n3)cc2)C1. The lowest BCUT2D eigenvalue weighted by Crippen LogP contribution is -2.51. The predicted molar refractivity (Wildman–Crippen MR) is 75.0 cm³/mol. The first-order valence-electron chi connectivity index (χ1n) is 6.37. The molecule has 0 radical (unpaired) electrons. The summed E-state index contributed by atoms with van der Waals surface area (Å²) in [6, 6.07) is 9.87. The van der Waals surface area contributed by atoms with Gasteiger partial charge in [-0.3, -0.25) is 9.58 Å². The summed E-state index contributed by atoms with van der Waals surface area (Å²) in [5.74, 6) is 1.57. The van der Waals surface area contributed by atoms with Crippen molar-refractivity contribution in [3.05, 3.63) is 30.3 Å². The molecule has 19 heavy (non-hydrogen) atoms. The van der Waals surface area contributed by atoms with E-state index in [-0.39, 0.29) is 0 Å². The molecular weight excluding hydrogens is 240 g/mol. The first kappa shape index (κ1) is 12.0. The number of hydrogen-bond donors (Lipinski definition) is 1. The Morgan fingerprint density at radius 1 is 1.21 bits per heavy atom. The molecule has 3 rings (SSSR count). The van der Waals surface area contributed by atoms with Gasteiger partial charge in [0.1, 0.15) is 17.7 Å². The van der Waals surface area contributed by atoms with Gasteiger partial charge in [-0.25, -0.2) is 0 Å². The molecule has 0 amide bonds. The van der Waals surface area contributed by atoms with E-state index in [1.54, 1.807) is 4.68 Å². The van der Waals surface area contributed by atoms with E-state index in [0.29, 0.717) is 11.9 Å². The fourth-order valence-electron chi connectivity index (χ4n) is 2.24. The third-order valence-electron chi connectivity index (χ3n) is 3.40. The van der Waals surface area contributed by atoms with Crippen LogP contribution in [0.2, 0.25) is 0 Å². The van der Waals surface area contributed by atoms with E-state index < -0.39 is 0 Å². The maximum Gasteiger partial charge on any atom is 0.124 e. The van der Waals surface area contributed by atoms with E-state index in [0.717, 1.165) is 30.1 Å². The number of anilines is 1. The summed E-state index contributed by atoms with van der Waals surface area (Å²) < 4.78 is 7.52. The molecule has 0 aliphatic carbocycles. The summed E-state index contributed by atoms with van der Waals surface area (Å²) in [7, 11) is 3.93. The standard InChI is InChI=1S/C14H18N4O/c1-17-8-12(9-17)19-11-5-3-10(4-6-11)13-7-14(15)18(2)16-13/h3-7,12H,8-9,15H2,1-2H3. The van der Waals surface area contributed by atoms with Gasteiger partial charge in [0.15, 0.2) is 0 Å². The van der Waals surface area contributed by atoms with Gasteiger partial charge >= 0.3 is 0 Å². The Morgan fingerprint density at radius 2 is 1.89 bits per heavy atom. The third-order valence-corrected chi connectivity index (χ3v) is 3.40. The molecule has 100 valence electrons. The Hall–Kier alpha value is -2.01. The number of rotatable bonds is 3. The Balaban J connectivity index is 1.71. The van der Waals surface area contributed by atoms with Crippen LogP contribution in [0.4, 0.5) is 5.82 Å². The van der Waals surface area contributed by atoms with Crippen molar-refractivity contribution in [3.63, 3.8) is 0 Å². The summed E-state index contributed by atoms with van der Waals surface area (Å²) >= 11 is 0. The van der Waals surface area contributed by atoms with Crippen LogP contribution in [0.25, 0.3) is 11.3 Å². The van der Waals surface area contributed by atoms with Gasteiger partial charge in [-0.05, 0) is 31.3 Å². The lowest BCUT2D eigenvalue weighted by atomic mass is 10.1. The van der Waals surface area contributed by atoms with Gasteiger partial charge in [0.05, 0.1) is 5.69 Å². The van der Waals surface area contributed by atoms with Gasteiger partial charge in [0.2, 0.25) is 0 Å². The number of aromatic nitrogens is 2. The van der Waals surface area contributed by atoms with E-state index in [2.05, 4.69) is 17.0 Å². The van der Waals surface area contributed by atoms with Gasteiger partial charge in [0.25, 0.3) is 0 Å². The van der Waals surface area contributed by atoms with Crippen molar-refractivity contribution in [2.75, 3.05) is 25.9 Å². The number of likely N-dealkylation sites (N-methyl/N-ethyl adjacent to an activating group) is 1. The molecule has 1 aliphatic heterocycles. The molecule has 1 fully saturated rings. The van der Waals surface area contributed by atoms with Crippen molar-refractivity contribution in [3.8, 4) is 17.0 Å². The van der Waals surface area contributed by atoms with E-state index in [4.69, 9.17) is 10.5 Å². The van der Waals surface area contributed by atoms with Crippen molar-refractivity contribution in [2.45, 2.75) is 6.10 Å². The number of nitrogen functional groups attached to an aromatic ring is 1. The monoisotopic (exact) mass is 258 g/mol. The van der Waals surface area contributed by atoms with Gasteiger partial charge in [-0.1, -0.05) is 0 Å². The van der Waals surface area contributed by atoms with Crippen LogP contribution < -0.4 is 10.5 Å². The number of aryl methyl sites for hydroxylation is 1. The Morgan fingerprint density at radius 3 is 2.42 bits per heavy atom. The topological polar surface area (TPSA) is 56.3 Å². The van der Waals surface area contributed by atoms with Gasteiger partial charge < -0.3 is 10.5 Å². The van der Waals surface area contributed by atoms with Crippen molar-refractivity contribution < 1.29 is 4.74 Å². The smallest absolute Gasteiger partial charge is 0.124 e. The molecule has 1 aromatic heterocycles. The molecule has 5 heteroatoms. The molecule has 0 spiro atoms. The molecule has 1 saturated heterocycles. The minimum absolute atomic E-state index is 0.321. The van der Waals surface area contributed by atoms with Crippen LogP contribution in [0.1, 0.15) is 0 Å². The lowest BCUT2D eigenvalue weighted by Gasteiger charge is -2.35. The second kappa shape index (κ2) is 4.59. The van der Waals surface area contributed by atoms with E-state index >= 15 is 0 Å². The summed E-state index contributed by atoms with van der Waals surface area (Å²) in [6.07, 6.45) is 0.321. The molecular formula is C14H18N4O. The Kier molecular flexibility index (Phi) is 2.91. The molecule has 1 aliphatic rings. The van der Waals surface area contributed by atoms with Gasteiger partial charge in [-0.15, -0.1) is 0 Å². The molecule has 0 bridgehead atoms. The minimum atomic E-state index is 0.321. The van der Waals surface area contributed by atoms with Crippen molar-refractivity contribution in [1.29, 1.82) is 0 Å². The van der Waals surface area contributed by atoms with Crippen LogP contribution in [0.3, 0.4) is 0 Å². The normalized spacial score (nSPS) is 16.3. The summed E-state index contributed by atoms with van der Waals surface area (Å²) in [5, 5.41) is 4.35. The largest absolute Gasteiger partial charge is 0.488 e. The molecule has 0 atom stereocenters. The van der Waals surface area contributed by atoms with E-state index in [1.165, 1.54) is 0 Å². The van der Waals surface area contributed by atoms with Gasteiger partial charge in [0, 0.05) is 31.8 Å². The van der Waals surface area contributed by atoms with Crippen molar-refractivity contribution in [2.24, 2.45) is 7.05 Å². The minimum Gasteiger partial charge on any atom is -0.488 e. The fourth-order valence-corrected chi connectivity index (χ4v) is 2.24. The number of likely N-dealkylation sites (tertiary alicyclic amines) is 1. The molecule has 2 N–H and O–H groups in total. The van der Waals surface area contributed by atoms with Gasteiger partial charge in [-0.2, -0.15) is 5.10 Å². The first-order valence-corrected chi connectivity index (χ1v) is 6.37. The van der Waals surface area contributed by atoms with Crippen molar-refractivity contribution >= 4 is 5.82 Å². The highest BCUT2D eigenvalue weighted by atomic mass is 16.5. The van der Waals surface area contributed by atoms with E-state index in [1.807, 2.05) is 37.4 Å². The maximum atomic E-state index is 5.85. The summed E-state index contributed by atoms with van der Waals surface area (Å²) in [6.45, 7) is 2.00. The molecule has 0 saturated carbocycles. The number of ether oxygens (including phenoxy) is 1. The Labute approximate surface area is 112 Å². The van der Waals surface area contributed by atoms with E-state index in [9.17, 15) is 0 Å². The first-order chi connectivity index (χ1) is 9.11. The average molecular weight is 258 g/mol. The zero-order valence-electron chi connectivity index (χ0n) is 11.2. The zero-order chi connectivity index (χ0) is 13.4. The molecule has 2 heterocycles. The fraction of sp³-hybridized carbons (Fsp3) is 0.357. The van der Waals surface area contributed by atoms with Crippen LogP contribution in [0.5, 0.6) is 5.75 Å². The number of hydrogen-bond acceptors (Lipinski definition) is 4.